The van der Waals surface area contributed by atoms with Crippen molar-refractivity contribution in [1.29, 1.82) is 0 Å². The number of anilines is 1. The van der Waals surface area contributed by atoms with Crippen molar-refractivity contribution in [3.8, 4) is 5.75 Å². The fraction of sp³-hybridized carbons (Fsp3) is 0.154. The van der Waals surface area contributed by atoms with Gasteiger partial charge in [-0.15, -0.1) is 0 Å². The number of aromatic hydroxyl groups is 1. The summed E-state index contributed by atoms with van der Waals surface area (Å²) in [6.45, 7) is 1.82. The molecule has 0 aliphatic heterocycles. The third kappa shape index (κ3) is 2.87. The van der Waals surface area contributed by atoms with E-state index >= 15 is 0 Å². The van der Waals surface area contributed by atoms with Crippen LogP contribution < -0.4 is 5.32 Å². The minimum atomic E-state index is -0.145. The number of phenols is 1. The van der Waals surface area contributed by atoms with Crippen molar-refractivity contribution < 1.29 is 14.3 Å². The lowest BCUT2D eigenvalue weighted by atomic mass is 10.2. The van der Waals surface area contributed by atoms with Gasteiger partial charge in [-0.2, -0.15) is 0 Å². The predicted octanol–water partition coefficient (Wildman–Crippen LogP) is 2.47. The van der Waals surface area contributed by atoms with Gasteiger partial charge in [-0.1, -0.05) is 0 Å². The number of amides is 1. The number of phenolic OH excluding ortho intramolecular Hbond substituents is 1. The first kappa shape index (κ1) is 11.3. The zero-order valence-corrected chi connectivity index (χ0v) is 9.43. The molecule has 2 aromatic rings. The molecule has 1 aromatic heterocycles. The molecule has 0 spiro atoms. The molecule has 0 radical (unpaired) electrons. The van der Waals surface area contributed by atoms with Crippen molar-refractivity contribution >= 4 is 11.6 Å². The summed E-state index contributed by atoms with van der Waals surface area (Å²) in [5, 5.41) is 12.0. The van der Waals surface area contributed by atoms with E-state index in [2.05, 4.69) is 5.32 Å². The number of hydrogen-bond acceptors (Lipinski definition) is 3. The van der Waals surface area contributed by atoms with Gasteiger partial charge >= 0.3 is 0 Å². The molecule has 0 saturated heterocycles. The van der Waals surface area contributed by atoms with Crippen LogP contribution in [0.1, 0.15) is 11.3 Å². The maximum atomic E-state index is 11.7. The highest BCUT2D eigenvalue weighted by atomic mass is 16.3. The largest absolute Gasteiger partial charge is 0.508 e. The second kappa shape index (κ2) is 4.74. The van der Waals surface area contributed by atoms with Crippen LogP contribution in [0.15, 0.2) is 41.0 Å². The number of benzene rings is 1. The Bertz CT molecular complexity index is 517. The summed E-state index contributed by atoms with van der Waals surface area (Å²) in [4.78, 5) is 11.7. The summed E-state index contributed by atoms with van der Waals surface area (Å²) in [6, 6.07) is 8.31. The Balaban J connectivity index is 2.03. The van der Waals surface area contributed by atoms with Crippen molar-refractivity contribution in [2.24, 2.45) is 0 Å². The minimum absolute atomic E-state index is 0.145. The number of carbonyl (C=O) groups excluding carboxylic acids is 1. The van der Waals surface area contributed by atoms with Crippen molar-refractivity contribution in [2.75, 3.05) is 5.32 Å². The average Bonchev–Trinajstić information content (AvgIpc) is 2.75. The number of rotatable bonds is 3. The highest BCUT2D eigenvalue weighted by Crippen LogP contribution is 2.20. The van der Waals surface area contributed by atoms with Crippen molar-refractivity contribution in [3.63, 3.8) is 0 Å². The molecule has 88 valence electrons. The molecule has 0 saturated carbocycles. The van der Waals surface area contributed by atoms with Gasteiger partial charge in [0, 0.05) is 5.69 Å². The molecule has 1 aromatic carbocycles. The second-order valence-corrected chi connectivity index (χ2v) is 3.80. The number of furan rings is 1. The summed E-state index contributed by atoms with van der Waals surface area (Å²) in [6.07, 6.45) is 1.74. The van der Waals surface area contributed by atoms with Crippen LogP contribution in [-0.4, -0.2) is 11.0 Å². The first-order valence-electron chi connectivity index (χ1n) is 5.27. The monoisotopic (exact) mass is 231 g/mol. The SMILES string of the molecule is Cc1cc(O)ccc1NC(=O)Cc1ccco1. The Hall–Kier alpha value is -2.23. The molecular formula is C13H13NO3. The van der Waals surface area contributed by atoms with Crippen LogP contribution in [0.3, 0.4) is 0 Å². The number of aryl methyl sites for hydroxylation is 1. The van der Waals surface area contributed by atoms with E-state index in [4.69, 9.17) is 4.42 Å². The molecule has 0 atom stereocenters. The third-order valence-electron chi connectivity index (χ3n) is 2.40. The van der Waals surface area contributed by atoms with Crippen LogP contribution in [0.4, 0.5) is 5.69 Å². The first-order chi connectivity index (χ1) is 8.15. The van der Waals surface area contributed by atoms with E-state index in [9.17, 15) is 9.90 Å². The highest BCUT2D eigenvalue weighted by molar-refractivity contribution is 5.92. The van der Waals surface area contributed by atoms with E-state index in [-0.39, 0.29) is 18.1 Å². The first-order valence-corrected chi connectivity index (χ1v) is 5.27. The third-order valence-corrected chi connectivity index (χ3v) is 2.40. The van der Waals surface area contributed by atoms with Gasteiger partial charge in [0.15, 0.2) is 0 Å². The molecular weight excluding hydrogens is 218 g/mol. The van der Waals surface area contributed by atoms with E-state index in [0.29, 0.717) is 11.4 Å². The fourth-order valence-corrected chi connectivity index (χ4v) is 1.55. The van der Waals surface area contributed by atoms with Crippen molar-refractivity contribution in [2.45, 2.75) is 13.3 Å². The van der Waals surface area contributed by atoms with E-state index in [1.807, 2.05) is 6.92 Å². The molecule has 2 rings (SSSR count). The van der Waals surface area contributed by atoms with Crippen LogP contribution in [0, 0.1) is 6.92 Å². The number of hydrogen-bond donors (Lipinski definition) is 2. The molecule has 0 bridgehead atoms. The van der Waals surface area contributed by atoms with E-state index in [1.54, 1.807) is 24.3 Å². The topological polar surface area (TPSA) is 62.5 Å². The predicted molar refractivity (Wildman–Crippen MR) is 63.9 cm³/mol. The lowest BCUT2D eigenvalue weighted by Gasteiger charge is -2.07. The van der Waals surface area contributed by atoms with Gasteiger partial charge in [-0.05, 0) is 42.8 Å². The summed E-state index contributed by atoms with van der Waals surface area (Å²) in [5.41, 5.74) is 1.51. The average molecular weight is 231 g/mol. The molecule has 0 fully saturated rings. The summed E-state index contributed by atoms with van der Waals surface area (Å²) in [5.74, 6) is 0.666. The number of nitrogens with one attached hydrogen (secondary N) is 1. The maximum Gasteiger partial charge on any atom is 0.232 e. The zero-order valence-electron chi connectivity index (χ0n) is 9.43. The standard InChI is InChI=1S/C13H13NO3/c1-9-7-10(15)4-5-12(9)14-13(16)8-11-3-2-6-17-11/h2-7,15H,8H2,1H3,(H,14,16). The van der Waals surface area contributed by atoms with Gasteiger partial charge in [0.05, 0.1) is 12.7 Å². The quantitative estimate of drug-likeness (QED) is 0.798. The highest BCUT2D eigenvalue weighted by Gasteiger charge is 2.07. The normalized spacial score (nSPS) is 10.2. The Morgan fingerprint density at radius 2 is 2.24 bits per heavy atom. The molecule has 4 heteroatoms. The van der Waals surface area contributed by atoms with Crippen LogP contribution in [0.5, 0.6) is 5.75 Å². The van der Waals surface area contributed by atoms with Gasteiger partial charge in [-0.25, -0.2) is 0 Å². The summed E-state index contributed by atoms with van der Waals surface area (Å²) >= 11 is 0. The van der Waals surface area contributed by atoms with Crippen LogP contribution >= 0.6 is 0 Å². The molecule has 4 nitrogen and oxygen atoms in total. The summed E-state index contributed by atoms with van der Waals surface area (Å²) < 4.78 is 5.09. The minimum Gasteiger partial charge on any atom is -0.508 e. The van der Waals surface area contributed by atoms with Gasteiger partial charge in [-0.3, -0.25) is 4.79 Å². The molecule has 0 unspecified atom stereocenters. The molecule has 0 aliphatic rings. The molecule has 1 heterocycles. The molecule has 0 aliphatic carbocycles. The number of carbonyl (C=O) groups is 1. The fourth-order valence-electron chi connectivity index (χ4n) is 1.55. The van der Waals surface area contributed by atoms with Crippen molar-refractivity contribution in [1.82, 2.24) is 0 Å². The van der Waals surface area contributed by atoms with Crippen LogP contribution in [-0.2, 0) is 11.2 Å². The van der Waals surface area contributed by atoms with Crippen LogP contribution in [0.2, 0.25) is 0 Å². The lowest BCUT2D eigenvalue weighted by Crippen LogP contribution is -2.14. The Morgan fingerprint density at radius 1 is 1.41 bits per heavy atom. The zero-order chi connectivity index (χ0) is 12.3. The van der Waals surface area contributed by atoms with Gasteiger partial charge in [0.1, 0.15) is 11.5 Å². The van der Waals surface area contributed by atoms with Gasteiger partial charge in [0.25, 0.3) is 0 Å². The summed E-state index contributed by atoms with van der Waals surface area (Å²) in [7, 11) is 0. The van der Waals surface area contributed by atoms with Crippen LogP contribution in [0.25, 0.3) is 0 Å². The second-order valence-electron chi connectivity index (χ2n) is 3.80. The van der Waals surface area contributed by atoms with Crippen molar-refractivity contribution in [3.05, 3.63) is 47.9 Å². The molecule has 1 amide bonds. The molecule has 17 heavy (non-hydrogen) atoms. The lowest BCUT2D eigenvalue weighted by molar-refractivity contribution is -0.115. The van der Waals surface area contributed by atoms with E-state index < -0.39 is 0 Å². The maximum absolute atomic E-state index is 11.7. The Kier molecular flexibility index (Phi) is 3.14. The molecule has 2 N–H and O–H groups in total. The van der Waals surface area contributed by atoms with E-state index in [1.165, 1.54) is 12.3 Å². The van der Waals surface area contributed by atoms with Gasteiger partial charge in [0.2, 0.25) is 5.91 Å². The Morgan fingerprint density at radius 3 is 2.88 bits per heavy atom. The van der Waals surface area contributed by atoms with Gasteiger partial charge < -0.3 is 14.8 Å². The van der Waals surface area contributed by atoms with E-state index in [0.717, 1.165) is 5.56 Å². The smallest absolute Gasteiger partial charge is 0.232 e. The Labute approximate surface area is 98.9 Å².